The van der Waals surface area contributed by atoms with Crippen molar-refractivity contribution in [2.75, 3.05) is 19.0 Å². The lowest BCUT2D eigenvalue weighted by atomic mass is 10.1. The first-order valence-corrected chi connectivity index (χ1v) is 6.30. The zero-order chi connectivity index (χ0) is 13.5. The molecule has 1 aromatic carbocycles. The first-order chi connectivity index (χ1) is 8.52. The Morgan fingerprint density at radius 2 is 1.89 bits per heavy atom. The van der Waals surface area contributed by atoms with E-state index in [2.05, 4.69) is 0 Å². The van der Waals surface area contributed by atoms with E-state index in [0.29, 0.717) is 5.02 Å². The predicted octanol–water partition coefficient (Wildman–Crippen LogP) is 3.22. The maximum atomic E-state index is 12.3. The van der Waals surface area contributed by atoms with Crippen LogP contribution < -0.4 is 0 Å². The second-order valence-electron chi connectivity index (χ2n) is 3.72. The predicted molar refractivity (Wildman–Crippen MR) is 68.5 cm³/mol. The van der Waals surface area contributed by atoms with Gasteiger partial charge in [0.1, 0.15) is 0 Å². The van der Waals surface area contributed by atoms with E-state index in [9.17, 15) is 13.6 Å². The summed E-state index contributed by atoms with van der Waals surface area (Å²) in [6.45, 7) is -0.461. The summed E-state index contributed by atoms with van der Waals surface area (Å²) in [5.74, 6) is -0.225. The van der Waals surface area contributed by atoms with Crippen LogP contribution >= 0.6 is 23.2 Å². The fourth-order valence-electron chi connectivity index (χ4n) is 1.48. The summed E-state index contributed by atoms with van der Waals surface area (Å²) in [7, 11) is 0. The van der Waals surface area contributed by atoms with Gasteiger partial charge in [0.2, 0.25) is 5.91 Å². The van der Waals surface area contributed by atoms with Crippen LogP contribution in [0.25, 0.3) is 0 Å². The van der Waals surface area contributed by atoms with E-state index in [-0.39, 0.29) is 24.8 Å². The Hall–Kier alpha value is -0.870. The average molecular weight is 296 g/mol. The number of amides is 1. The maximum Gasteiger partial charge on any atom is 0.255 e. The molecule has 0 aromatic heterocycles. The largest absolute Gasteiger partial charge is 0.335 e. The number of nitrogens with zero attached hydrogens (tertiary/aromatic N) is 1. The quantitative estimate of drug-likeness (QED) is 0.738. The van der Waals surface area contributed by atoms with Gasteiger partial charge in [-0.05, 0) is 17.7 Å². The fourth-order valence-corrected chi connectivity index (χ4v) is 1.81. The Morgan fingerprint density at radius 1 is 1.28 bits per heavy atom. The summed E-state index contributed by atoms with van der Waals surface area (Å²) in [6, 6.07) is 6.70. The Balaban J connectivity index is 2.63. The molecule has 1 amide bonds. The third-order valence-electron chi connectivity index (χ3n) is 2.33. The number of alkyl halides is 3. The van der Waals surface area contributed by atoms with Gasteiger partial charge < -0.3 is 4.90 Å². The molecule has 0 aliphatic heterocycles. The number of halogens is 4. The molecular weight excluding hydrogens is 283 g/mol. The molecule has 1 aromatic rings. The number of hydrogen-bond donors (Lipinski definition) is 0. The van der Waals surface area contributed by atoms with Crippen LogP contribution in [0.4, 0.5) is 8.78 Å². The molecule has 0 bridgehead atoms. The third kappa shape index (κ3) is 5.19. The molecule has 0 unspecified atom stereocenters. The zero-order valence-corrected chi connectivity index (χ0v) is 11.1. The van der Waals surface area contributed by atoms with Gasteiger partial charge in [-0.15, -0.1) is 11.6 Å². The van der Waals surface area contributed by atoms with E-state index in [0.717, 1.165) is 10.5 Å². The topological polar surface area (TPSA) is 20.3 Å². The van der Waals surface area contributed by atoms with Crippen LogP contribution in [0.5, 0.6) is 0 Å². The van der Waals surface area contributed by atoms with E-state index < -0.39 is 13.0 Å². The lowest BCUT2D eigenvalue weighted by molar-refractivity contribution is -0.132. The summed E-state index contributed by atoms with van der Waals surface area (Å²) >= 11 is 11.2. The molecule has 2 nitrogen and oxygen atoms in total. The summed E-state index contributed by atoms with van der Waals surface area (Å²) in [4.78, 5) is 12.9. The molecule has 0 heterocycles. The molecule has 6 heteroatoms. The Morgan fingerprint density at radius 3 is 2.39 bits per heavy atom. The van der Waals surface area contributed by atoms with Gasteiger partial charge in [0.05, 0.1) is 13.0 Å². The molecule has 0 N–H and O–H groups in total. The molecular formula is C12H13Cl2F2NO. The van der Waals surface area contributed by atoms with E-state index in [1.54, 1.807) is 24.3 Å². The molecule has 0 atom stereocenters. The normalized spacial score (nSPS) is 10.7. The first kappa shape index (κ1) is 15.2. The summed E-state index contributed by atoms with van der Waals surface area (Å²) in [5.41, 5.74) is 0.734. The van der Waals surface area contributed by atoms with E-state index >= 15 is 0 Å². The highest BCUT2D eigenvalue weighted by molar-refractivity contribution is 6.30. The van der Waals surface area contributed by atoms with Crippen molar-refractivity contribution >= 4 is 29.1 Å². The van der Waals surface area contributed by atoms with Crippen LogP contribution in [-0.4, -0.2) is 36.2 Å². The van der Waals surface area contributed by atoms with Crippen molar-refractivity contribution in [3.05, 3.63) is 34.9 Å². The Labute approximate surface area is 114 Å². The molecule has 0 radical (unpaired) electrons. The molecule has 0 aliphatic carbocycles. The van der Waals surface area contributed by atoms with Crippen LogP contribution in [-0.2, 0) is 11.2 Å². The number of rotatable bonds is 6. The highest BCUT2D eigenvalue weighted by Crippen LogP contribution is 2.11. The van der Waals surface area contributed by atoms with Gasteiger partial charge in [0, 0.05) is 17.4 Å². The zero-order valence-electron chi connectivity index (χ0n) is 9.58. The number of benzene rings is 1. The second-order valence-corrected chi connectivity index (χ2v) is 4.54. The van der Waals surface area contributed by atoms with E-state index in [4.69, 9.17) is 23.2 Å². The fraction of sp³-hybridized carbons (Fsp3) is 0.417. The van der Waals surface area contributed by atoms with Crippen molar-refractivity contribution in [3.8, 4) is 0 Å². The van der Waals surface area contributed by atoms with E-state index in [1.807, 2.05) is 0 Å². The van der Waals surface area contributed by atoms with Crippen molar-refractivity contribution in [2.45, 2.75) is 12.8 Å². The Kier molecular flexibility index (Phi) is 6.36. The molecule has 18 heavy (non-hydrogen) atoms. The van der Waals surface area contributed by atoms with E-state index in [1.165, 1.54) is 0 Å². The number of carbonyl (C=O) groups excluding carboxylic acids is 1. The molecule has 0 saturated carbocycles. The third-order valence-corrected chi connectivity index (χ3v) is 2.76. The molecule has 0 fully saturated rings. The minimum Gasteiger partial charge on any atom is -0.335 e. The lowest BCUT2D eigenvalue weighted by Crippen LogP contribution is -2.37. The maximum absolute atomic E-state index is 12.3. The monoisotopic (exact) mass is 295 g/mol. The SMILES string of the molecule is O=C(Cc1ccc(Cl)cc1)N(CCCl)CC(F)F. The van der Waals surface area contributed by atoms with Gasteiger partial charge in [-0.2, -0.15) is 0 Å². The molecule has 0 aliphatic rings. The van der Waals surface area contributed by atoms with Gasteiger partial charge in [-0.1, -0.05) is 23.7 Å². The summed E-state index contributed by atoms with van der Waals surface area (Å²) in [6.07, 6.45) is -2.48. The number of carbonyl (C=O) groups is 1. The van der Waals surface area contributed by atoms with Crippen molar-refractivity contribution in [1.29, 1.82) is 0 Å². The van der Waals surface area contributed by atoms with Crippen molar-refractivity contribution in [3.63, 3.8) is 0 Å². The molecule has 0 spiro atoms. The van der Waals surface area contributed by atoms with Gasteiger partial charge in [0.15, 0.2) is 0 Å². The van der Waals surface area contributed by atoms with Gasteiger partial charge in [-0.3, -0.25) is 4.79 Å². The minimum absolute atomic E-state index is 0.0702. The highest BCUT2D eigenvalue weighted by Gasteiger charge is 2.17. The van der Waals surface area contributed by atoms with Crippen molar-refractivity contribution in [1.82, 2.24) is 4.90 Å². The smallest absolute Gasteiger partial charge is 0.255 e. The Bertz CT molecular complexity index is 384. The van der Waals surface area contributed by atoms with Crippen LogP contribution in [0.2, 0.25) is 5.02 Å². The van der Waals surface area contributed by atoms with Crippen LogP contribution in [0.3, 0.4) is 0 Å². The molecule has 100 valence electrons. The standard InChI is InChI=1S/C12H13Cl2F2NO/c13-5-6-17(8-11(15)16)12(18)7-9-1-3-10(14)4-2-9/h1-4,11H,5-8H2. The average Bonchev–Trinajstić information content (AvgIpc) is 2.31. The summed E-state index contributed by atoms with van der Waals surface area (Å²) < 4.78 is 24.6. The van der Waals surface area contributed by atoms with Crippen LogP contribution in [0.1, 0.15) is 5.56 Å². The van der Waals surface area contributed by atoms with Crippen LogP contribution in [0.15, 0.2) is 24.3 Å². The van der Waals surface area contributed by atoms with Gasteiger partial charge in [-0.25, -0.2) is 8.78 Å². The van der Waals surface area contributed by atoms with Gasteiger partial charge in [0.25, 0.3) is 6.43 Å². The second kappa shape index (κ2) is 7.54. The minimum atomic E-state index is -2.55. The highest BCUT2D eigenvalue weighted by atomic mass is 35.5. The summed E-state index contributed by atoms with van der Waals surface area (Å²) in [5, 5.41) is 0.566. The van der Waals surface area contributed by atoms with Crippen molar-refractivity contribution in [2.24, 2.45) is 0 Å². The number of hydrogen-bond acceptors (Lipinski definition) is 1. The van der Waals surface area contributed by atoms with Crippen molar-refractivity contribution < 1.29 is 13.6 Å². The van der Waals surface area contributed by atoms with Gasteiger partial charge >= 0.3 is 0 Å². The van der Waals surface area contributed by atoms with Crippen LogP contribution in [0, 0.1) is 0 Å². The lowest BCUT2D eigenvalue weighted by Gasteiger charge is -2.21. The first-order valence-electron chi connectivity index (χ1n) is 5.39. The molecule has 0 saturated heterocycles. The molecule has 1 rings (SSSR count).